The van der Waals surface area contributed by atoms with E-state index < -0.39 is 0 Å². The van der Waals surface area contributed by atoms with E-state index >= 15 is 0 Å². The maximum absolute atomic E-state index is 13.6. The highest BCUT2D eigenvalue weighted by molar-refractivity contribution is 5.48. The van der Waals surface area contributed by atoms with Crippen molar-refractivity contribution in [3.8, 4) is 11.5 Å². The second kappa shape index (κ2) is 9.33. The lowest BCUT2D eigenvalue weighted by Crippen LogP contribution is -2.25. The fourth-order valence-corrected chi connectivity index (χ4v) is 5.36. The molecule has 4 heteroatoms. The molecule has 0 amide bonds. The number of benzene rings is 3. The Kier molecular flexibility index (Phi) is 6.13. The van der Waals surface area contributed by atoms with Crippen LogP contribution < -0.4 is 4.74 Å². The average Bonchev–Trinajstić information content (AvgIpc) is 3.33. The Bertz CT molecular complexity index is 1040. The van der Waals surface area contributed by atoms with Crippen molar-refractivity contribution in [3.63, 3.8) is 0 Å². The van der Waals surface area contributed by atoms with Gasteiger partial charge in [0.1, 0.15) is 23.9 Å². The Labute approximate surface area is 189 Å². The van der Waals surface area contributed by atoms with Crippen LogP contribution in [0.25, 0.3) is 0 Å². The molecule has 1 fully saturated rings. The molecular weight excluding hydrogens is 401 g/mol. The van der Waals surface area contributed by atoms with Gasteiger partial charge in [-0.3, -0.25) is 4.90 Å². The quantitative estimate of drug-likeness (QED) is 0.530. The minimum Gasteiger partial charge on any atom is -0.508 e. The molecule has 1 N–H and O–H groups in total. The monoisotopic (exact) mass is 431 g/mol. The Morgan fingerprint density at radius 2 is 1.62 bits per heavy atom. The van der Waals surface area contributed by atoms with Crippen molar-refractivity contribution in [3.05, 3.63) is 94.8 Å². The Morgan fingerprint density at radius 1 is 0.906 bits per heavy atom. The van der Waals surface area contributed by atoms with Crippen LogP contribution in [0.15, 0.2) is 66.7 Å². The van der Waals surface area contributed by atoms with Gasteiger partial charge in [-0.2, -0.15) is 0 Å². The smallest absolute Gasteiger partial charge is 0.123 e. The number of nitrogens with zero attached hydrogens (tertiary/aromatic N) is 1. The second-order valence-electron chi connectivity index (χ2n) is 9.02. The summed E-state index contributed by atoms with van der Waals surface area (Å²) < 4.78 is 19.6. The predicted molar refractivity (Wildman–Crippen MR) is 125 cm³/mol. The SMILES string of the molecule is Oc1ccc2c(c1)CCC(c1ccc(F)cc1)C2c1ccc(OCCN2CCCC2)cc1. The van der Waals surface area contributed by atoms with Crippen molar-refractivity contribution in [1.29, 1.82) is 0 Å². The first-order valence-corrected chi connectivity index (χ1v) is 11.7. The van der Waals surface area contributed by atoms with Gasteiger partial charge in [0, 0.05) is 12.5 Å². The zero-order valence-corrected chi connectivity index (χ0v) is 18.3. The van der Waals surface area contributed by atoms with Crippen LogP contribution in [-0.4, -0.2) is 36.2 Å². The molecule has 3 aromatic rings. The van der Waals surface area contributed by atoms with Crippen LogP contribution in [0.4, 0.5) is 4.39 Å². The lowest BCUT2D eigenvalue weighted by atomic mass is 9.69. The zero-order valence-electron chi connectivity index (χ0n) is 18.3. The molecule has 0 radical (unpaired) electrons. The van der Waals surface area contributed by atoms with E-state index in [-0.39, 0.29) is 17.7 Å². The van der Waals surface area contributed by atoms with Gasteiger partial charge < -0.3 is 9.84 Å². The molecule has 1 heterocycles. The fraction of sp³-hybridized carbons (Fsp3) is 0.357. The van der Waals surface area contributed by atoms with Crippen molar-refractivity contribution >= 4 is 0 Å². The van der Waals surface area contributed by atoms with E-state index in [0.717, 1.165) is 30.7 Å². The van der Waals surface area contributed by atoms with E-state index in [1.807, 2.05) is 24.3 Å². The number of phenolic OH excluding ortho intramolecular Hbond substituents is 1. The molecule has 0 bridgehead atoms. The third-order valence-electron chi connectivity index (χ3n) is 7.00. The summed E-state index contributed by atoms with van der Waals surface area (Å²) in [5.41, 5.74) is 4.81. The number of rotatable bonds is 6. The third-order valence-corrected chi connectivity index (χ3v) is 7.00. The predicted octanol–water partition coefficient (Wildman–Crippen LogP) is 5.87. The molecule has 2 atom stereocenters. The van der Waals surface area contributed by atoms with Crippen LogP contribution in [0.5, 0.6) is 11.5 Å². The fourth-order valence-electron chi connectivity index (χ4n) is 5.36. The zero-order chi connectivity index (χ0) is 21.9. The summed E-state index contributed by atoms with van der Waals surface area (Å²) in [5.74, 6) is 1.41. The number of ether oxygens (including phenoxy) is 1. The van der Waals surface area contributed by atoms with Gasteiger partial charge in [0.25, 0.3) is 0 Å². The molecule has 0 spiro atoms. The number of hydrogen-bond acceptors (Lipinski definition) is 3. The average molecular weight is 432 g/mol. The standard InChI is InChI=1S/C28H30FNO2/c29-23-8-3-20(4-9-23)26-13-7-22-19-24(31)10-14-27(22)28(26)21-5-11-25(12-6-21)32-18-17-30-15-1-2-16-30/h3-6,8-12,14,19,26,28,31H,1-2,7,13,15-18H2. The maximum atomic E-state index is 13.6. The lowest BCUT2D eigenvalue weighted by Gasteiger charge is -2.35. The maximum Gasteiger partial charge on any atom is 0.123 e. The van der Waals surface area contributed by atoms with E-state index in [1.165, 1.54) is 42.6 Å². The van der Waals surface area contributed by atoms with Crippen molar-refractivity contribution in [2.75, 3.05) is 26.2 Å². The van der Waals surface area contributed by atoms with E-state index in [2.05, 4.69) is 29.2 Å². The number of phenols is 1. The topological polar surface area (TPSA) is 32.7 Å². The molecule has 1 saturated heterocycles. The third kappa shape index (κ3) is 4.51. The first-order chi connectivity index (χ1) is 15.7. The molecule has 1 aliphatic heterocycles. The summed E-state index contributed by atoms with van der Waals surface area (Å²) in [6.07, 6.45) is 4.45. The van der Waals surface area contributed by atoms with Crippen LogP contribution >= 0.6 is 0 Å². The van der Waals surface area contributed by atoms with Crippen LogP contribution in [0.1, 0.15) is 53.4 Å². The van der Waals surface area contributed by atoms with Crippen molar-refractivity contribution in [2.24, 2.45) is 0 Å². The Morgan fingerprint density at radius 3 is 2.38 bits per heavy atom. The number of fused-ring (bicyclic) bond motifs is 1. The van der Waals surface area contributed by atoms with Gasteiger partial charge in [0.05, 0.1) is 0 Å². The number of likely N-dealkylation sites (tertiary alicyclic amines) is 1. The second-order valence-corrected chi connectivity index (χ2v) is 9.02. The van der Waals surface area contributed by atoms with E-state index in [4.69, 9.17) is 4.74 Å². The van der Waals surface area contributed by atoms with Gasteiger partial charge >= 0.3 is 0 Å². The highest BCUT2D eigenvalue weighted by atomic mass is 19.1. The molecule has 2 unspecified atom stereocenters. The number of aryl methyl sites for hydroxylation is 1. The van der Waals surface area contributed by atoms with E-state index in [1.54, 1.807) is 18.2 Å². The van der Waals surface area contributed by atoms with Gasteiger partial charge in [-0.05, 0) is 103 Å². The Hall–Kier alpha value is -2.85. The molecule has 166 valence electrons. The summed E-state index contributed by atoms with van der Waals surface area (Å²) in [7, 11) is 0. The molecule has 0 aromatic heterocycles. The van der Waals surface area contributed by atoms with Crippen LogP contribution in [0.3, 0.4) is 0 Å². The van der Waals surface area contributed by atoms with E-state index in [9.17, 15) is 9.50 Å². The minimum absolute atomic E-state index is 0.156. The molecule has 0 saturated carbocycles. The summed E-state index contributed by atoms with van der Waals surface area (Å²) in [4.78, 5) is 2.45. The summed E-state index contributed by atoms with van der Waals surface area (Å²) >= 11 is 0. The van der Waals surface area contributed by atoms with Crippen LogP contribution in [-0.2, 0) is 6.42 Å². The minimum atomic E-state index is -0.207. The van der Waals surface area contributed by atoms with Gasteiger partial charge in [0.15, 0.2) is 0 Å². The van der Waals surface area contributed by atoms with Crippen molar-refractivity contribution in [1.82, 2.24) is 4.90 Å². The lowest BCUT2D eigenvalue weighted by molar-refractivity contribution is 0.237. The number of hydrogen-bond donors (Lipinski definition) is 1. The summed E-state index contributed by atoms with van der Waals surface area (Å²) in [6, 6.07) is 21.1. The number of halogens is 1. The van der Waals surface area contributed by atoms with Crippen LogP contribution in [0, 0.1) is 5.82 Å². The van der Waals surface area contributed by atoms with Gasteiger partial charge in [-0.25, -0.2) is 4.39 Å². The first kappa shape index (κ1) is 21.0. The Balaban J connectivity index is 1.39. The number of aromatic hydroxyl groups is 1. The van der Waals surface area contributed by atoms with Crippen molar-refractivity contribution in [2.45, 2.75) is 37.5 Å². The van der Waals surface area contributed by atoms with Gasteiger partial charge in [0.2, 0.25) is 0 Å². The normalized spacial score (nSPS) is 20.8. The molecule has 32 heavy (non-hydrogen) atoms. The molecule has 3 nitrogen and oxygen atoms in total. The molecule has 2 aliphatic rings. The van der Waals surface area contributed by atoms with Gasteiger partial charge in [-0.15, -0.1) is 0 Å². The molecular formula is C28H30FNO2. The molecule has 1 aliphatic carbocycles. The highest BCUT2D eigenvalue weighted by Gasteiger charge is 2.32. The van der Waals surface area contributed by atoms with Crippen molar-refractivity contribution < 1.29 is 14.2 Å². The molecule has 5 rings (SSSR count). The highest BCUT2D eigenvalue weighted by Crippen LogP contribution is 2.47. The largest absolute Gasteiger partial charge is 0.508 e. The van der Waals surface area contributed by atoms with Crippen LogP contribution in [0.2, 0.25) is 0 Å². The first-order valence-electron chi connectivity index (χ1n) is 11.7. The summed E-state index contributed by atoms with van der Waals surface area (Å²) in [5, 5.41) is 9.99. The molecule has 3 aromatic carbocycles. The van der Waals surface area contributed by atoms with E-state index in [0.29, 0.717) is 12.4 Å². The van der Waals surface area contributed by atoms with Gasteiger partial charge in [-0.1, -0.05) is 30.3 Å². The summed E-state index contributed by atoms with van der Waals surface area (Å²) in [6.45, 7) is 4.06.